The molecule has 0 aliphatic carbocycles. The molecular weight excluding hydrogens is 326 g/mol. The second-order valence-electron chi connectivity index (χ2n) is 5.26. The number of likely N-dealkylation sites (N-methyl/N-ethyl adjacent to an activating group) is 1. The molecule has 0 aliphatic heterocycles. The number of rotatable bonds is 6. The van der Waals surface area contributed by atoms with Gasteiger partial charge in [-0.1, -0.05) is 58.4 Å². The molecule has 2 aromatic carbocycles. The largest absolute Gasteiger partial charge is 0.296 e. The average Bonchev–Trinajstić information content (AvgIpc) is 2.53. The highest BCUT2D eigenvalue weighted by Gasteiger charge is 2.19. The summed E-state index contributed by atoms with van der Waals surface area (Å²) in [7, 11) is 2.00. The molecule has 0 bridgehead atoms. The Balaban J connectivity index is 1.93. The summed E-state index contributed by atoms with van der Waals surface area (Å²) < 4.78 is 0.990. The van der Waals surface area contributed by atoms with Crippen LogP contribution >= 0.6 is 15.9 Å². The maximum absolute atomic E-state index is 12.5. The van der Waals surface area contributed by atoms with Gasteiger partial charge in [0, 0.05) is 16.6 Å². The molecule has 0 aromatic heterocycles. The number of Topliss-reactive ketones (excluding diaryl/α,β-unsaturated/α-hetero) is 1. The summed E-state index contributed by atoms with van der Waals surface area (Å²) >= 11 is 3.39. The third-order valence-electron chi connectivity index (χ3n) is 3.77. The van der Waals surface area contributed by atoms with Crippen molar-refractivity contribution in [2.45, 2.75) is 19.4 Å². The fourth-order valence-corrected chi connectivity index (χ4v) is 2.46. The molecule has 0 spiro atoms. The molecule has 0 saturated carbocycles. The maximum Gasteiger partial charge on any atom is 0.179 e. The molecule has 0 amide bonds. The smallest absolute Gasteiger partial charge is 0.179 e. The predicted molar refractivity (Wildman–Crippen MR) is 90.7 cm³/mol. The van der Waals surface area contributed by atoms with Crippen LogP contribution in [0.3, 0.4) is 0 Å². The van der Waals surface area contributed by atoms with Crippen LogP contribution in [0.15, 0.2) is 59.1 Å². The Morgan fingerprint density at radius 2 is 1.71 bits per heavy atom. The summed E-state index contributed by atoms with van der Waals surface area (Å²) in [5.74, 6) is 0.165. The normalized spacial score (nSPS) is 12.4. The summed E-state index contributed by atoms with van der Waals surface area (Å²) in [6, 6.07) is 17.8. The zero-order valence-corrected chi connectivity index (χ0v) is 14.0. The molecule has 2 aromatic rings. The molecule has 110 valence electrons. The molecule has 21 heavy (non-hydrogen) atoms. The Morgan fingerprint density at radius 3 is 2.33 bits per heavy atom. The fraction of sp³-hybridized carbons (Fsp3) is 0.278. The Labute approximate surface area is 134 Å². The molecule has 2 rings (SSSR count). The molecule has 2 nitrogen and oxygen atoms in total. The van der Waals surface area contributed by atoms with Gasteiger partial charge in [0.1, 0.15) is 0 Å². The van der Waals surface area contributed by atoms with Crippen molar-refractivity contribution in [2.24, 2.45) is 0 Å². The summed E-state index contributed by atoms with van der Waals surface area (Å²) in [6.45, 7) is 2.84. The lowest BCUT2D eigenvalue weighted by atomic mass is 10.0. The lowest BCUT2D eigenvalue weighted by molar-refractivity contribution is 0.0870. The topological polar surface area (TPSA) is 20.3 Å². The van der Waals surface area contributed by atoms with E-state index < -0.39 is 0 Å². The molecule has 1 unspecified atom stereocenters. The Kier molecular flexibility index (Phi) is 5.71. The predicted octanol–water partition coefficient (Wildman–Crippen LogP) is 4.19. The molecular formula is C18H20BrNO. The lowest BCUT2D eigenvalue weighted by Gasteiger charge is -2.23. The second kappa shape index (κ2) is 7.53. The third-order valence-corrected chi connectivity index (χ3v) is 4.29. The monoisotopic (exact) mass is 345 g/mol. The second-order valence-corrected chi connectivity index (χ2v) is 6.18. The number of nitrogens with zero attached hydrogens (tertiary/aromatic N) is 1. The van der Waals surface area contributed by atoms with E-state index in [0.29, 0.717) is 0 Å². The van der Waals surface area contributed by atoms with Gasteiger partial charge in [-0.05, 0) is 38.1 Å². The van der Waals surface area contributed by atoms with E-state index in [4.69, 9.17) is 0 Å². The van der Waals surface area contributed by atoms with Crippen molar-refractivity contribution in [3.8, 4) is 0 Å². The van der Waals surface area contributed by atoms with E-state index in [1.165, 1.54) is 5.56 Å². The number of hydrogen-bond donors (Lipinski definition) is 0. The first-order chi connectivity index (χ1) is 10.1. The molecule has 1 atom stereocenters. The number of carbonyl (C=O) groups is 1. The van der Waals surface area contributed by atoms with Gasteiger partial charge < -0.3 is 0 Å². The molecule has 0 fully saturated rings. The molecule has 0 aliphatic rings. The Morgan fingerprint density at radius 1 is 1.10 bits per heavy atom. The Bertz CT molecular complexity index is 580. The summed E-state index contributed by atoms with van der Waals surface area (Å²) in [6.07, 6.45) is 0.954. The SMILES string of the molecule is CC(C(=O)c1ccc(Br)cc1)N(C)CCc1ccccc1. The standard InChI is InChI=1S/C18H20BrNO/c1-14(18(21)16-8-10-17(19)11-9-16)20(2)13-12-15-6-4-3-5-7-15/h3-11,14H,12-13H2,1-2H3. The first-order valence-electron chi connectivity index (χ1n) is 7.12. The number of carbonyl (C=O) groups excluding carboxylic acids is 1. The van der Waals surface area contributed by atoms with Gasteiger partial charge in [0.05, 0.1) is 6.04 Å². The minimum atomic E-state index is -0.116. The van der Waals surface area contributed by atoms with E-state index in [1.54, 1.807) is 0 Å². The van der Waals surface area contributed by atoms with Crippen molar-refractivity contribution < 1.29 is 4.79 Å². The number of halogens is 1. The maximum atomic E-state index is 12.5. The van der Waals surface area contributed by atoms with Crippen LogP contribution in [0.25, 0.3) is 0 Å². The van der Waals surface area contributed by atoms with E-state index in [9.17, 15) is 4.79 Å². The highest BCUT2D eigenvalue weighted by atomic mass is 79.9. The van der Waals surface area contributed by atoms with Crippen LogP contribution in [0.2, 0.25) is 0 Å². The summed E-state index contributed by atoms with van der Waals surface area (Å²) in [5, 5.41) is 0. The van der Waals surface area contributed by atoms with Crippen LogP contribution in [0, 0.1) is 0 Å². The van der Waals surface area contributed by atoms with E-state index in [1.807, 2.05) is 56.4 Å². The first-order valence-corrected chi connectivity index (χ1v) is 7.91. The van der Waals surface area contributed by atoms with E-state index in [-0.39, 0.29) is 11.8 Å². The first kappa shape index (κ1) is 15.9. The van der Waals surface area contributed by atoms with Crippen molar-refractivity contribution in [1.82, 2.24) is 4.90 Å². The minimum absolute atomic E-state index is 0.116. The van der Waals surface area contributed by atoms with Crippen LogP contribution in [0.4, 0.5) is 0 Å². The van der Waals surface area contributed by atoms with Crippen molar-refractivity contribution in [2.75, 3.05) is 13.6 Å². The molecule has 0 radical (unpaired) electrons. The zero-order chi connectivity index (χ0) is 15.2. The van der Waals surface area contributed by atoms with Crippen LogP contribution in [0.5, 0.6) is 0 Å². The molecule has 0 heterocycles. The fourth-order valence-electron chi connectivity index (χ4n) is 2.20. The van der Waals surface area contributed by atoms with Gasteiger partial charge in [-0.2, -0.15) is 0 Å². The van der Waals surface area contributed by atoms with Gasteiger partial charge in [-0.25, -0.2) is 0 Å². The highest BCUT2D eigenvalue weighted by Crippen LogP contribution is 2.14. The Hall–Kier alpha value is -1.45. The van der Waals surface area contributed by atoms with E-state index >= 15 is 0 Å². The molecule has 0 N–H and O–H groups in total. The third kappa shape index (κ3) is 4.51. The number of hydrogen-bond acceptors (Lipinski definition) is 2. The van der Waals surface area contributed by atoms with Crippen LogP contribution < -0.4 is 0 Å². The van der Waals surface area contributed by atoms with Crippen molar-refractivity contribution in [1.29, 1.82) is 0 Å². The van der Waals surface area contributed by atoms with Crippen molar-refractivity contribution in [3.63, 3.8) is 0 Å². The van der Waals surface area contributed by atoms with Gasteiger partial charge in [0.25, 0.3) is 0 Å². The number of benzene rings is 2. The van der Waals surface area contributed by atoms with E-state index in [2.05, 4.69) is 33.0 Å². The van der Waals surface area contributed by atoms with Gasteiger partial charge in [-0.15, -0.1) is 0 Å². The van der Waals surface area contributed by atoms with Crippen molar-refractivity contribution in [3.05, 3.63) is 70.2 Å². The summed E-state index contributed by atoms with van der Waals surface area (Å²) in [4.78, 5) is 14.6. The zero-order valence-electron chi connectivity index (χ0n) is 12.4. The van der Waals surface area contributed by atoms with Crippen LogP contribution in [-0.2, 0) is 6.42 Å². The van der Waals surface area contributed by atoms with Gasteiger partial charge in [-0.3, -0.25) is 9.69 Å². The molecule has 3 heteroatoms. The van der Waals surface area contributed by atoms with Gasteiger partial charge in [0.2, 0.25) is 0 Å². The quantitative estimate of drug-likeness (QED) is 0.731. The van der Waals surface area contributed by atoms with Crippen LogP contribution in [0.1, 0.15) is 22.8 Å². The summed E-state index contributed by atoms with van der Waals surface area (Å²) in [5.41, 5.74) is 2.06. The van der Waals surface area contributed by atoms with Gasteiger partial charge in [0.15, 0.2) is 5.78 Å². The lowest BCUT2D eigenvalue weighted by Crippen LogP contribution is -2.37. The molecule has 0 saturated heterocycles. The highest BCUT2D eigenvalue weighted by molar-refractivity contribution is 9.10. The van der Waals surface area contributed by atoms with Crippen molar-refractivity contribution >= 4 is 21.7 Å². The van der Waals surface area contributed by atoms with E-state index in [0.717, 1.165) is 23.0 Å². The number of ketones is 1. The van der Waals surface area contributed by atoms with Gasteiger partial charge >= 0.3 is 0 Å². The average molecular weight is 346 g/mol. The van der Waals surface area contributed by atoms with Crippen LogP contribution in [-0.4, -0.2) is 30.3 Å². The minimum Gasteiger partial charge on any atom is -0.296 e.